The Morgan fingerprint density at radius 3 is 1.71 bits per heavy atom. The van der Waals surface area contributed by atoms with Crippen molar-refractivity contribution in [3.63, 3.8) is 0 Å². The highest BCUT2D eigenvalue weighted by atomic mass is 16.7. The lowest BCUT2D eigenvalue weighted by Gasteiger charge is -2.28. The molecule has 0 unspecified atom stereocenters. The molecule has 0 aromatic carbocycles. The first kappa shape index (κ1) is 15.5. The molecular formula is C10H18O7. The van der Waals surface area contributed by atoms with Gasteiger partial charge in [-0.2, -0.15) is 0 Å². The number of rotatable bonds is 6. The van der Waals surface area contributed by atoms with Crippen LogP contribution in [0.2, 0.25) is 0 Å². The van der Waals surface area contributed by atoms with Crippen LogP contribution in [0.1, 0.15) is 13.3 Å². The summed E-state index contributed by atoms with van der Waals surface area (Å²) in [6.07, 6.45) is -1.25. The first-order valence-electron chi connectivity index (χ1n) is 5.06. The molecule has 1 N–H and O–H groups in total. The third-order valence-electron chi connectivity index (χ3n) is 2.41. The van der Waals surface area contributed by atoms with Gasteiger partial charge >= 0.3 is 12.3 Å². The molecule has 0 saturated heterocycles. The Hall–Kier alpha value is -1.50. The predicted molar refractivity (Wildman–Crippen MR) is 56.5 cm³/mol. The Bertz CT molecular complexity index is 225. The molecule has 7 nitrogen and oxygen atoms in total. The molecular weight excluding hydrogens is 232 g/mol. The molecule has 0 saturated carbocycles. The van der Waals surface area contributed by atoms with Gasteiger partial charge in [0.05, 0.1) is 26.2 Å². The summed E-state index contributed by atoms with van der Waals surface area (Å²) in [6.45, 7) is 1.27. The van der Waals surface area contributed by atoms with Gasteiger partial charge in [0.25, 0.3) is 0 Å². The minimum atomic E-state index is -0.852. The molecule has 100 valence electrons. The van der Waals surface area contributed by atoms with Gasteiger partial charge in [0.1, 0.15) is 13.2 Å². The Morgan fingerprint density at radius 2 is 1.47 bits per heavy atom. The van der Waals surface area contributed by atoms with Crippen molar-refractivity contribution in [1.29, 1.82) is 0 Å². The van der Waals surface area contributed by atoms with E-state index in [9.17, 15) is 14.7 Å². The summed E-state index contributed by atoms with van der Waals surface area (Å²) >= 11 is 0. The maximum atomic E-state index is 10.8. The third kappa shape index (κ3) is 5.39. The van der Waals surface area contributed by atoms with Gasteiger partial charge in [-0.1, -0.05) is 6.92 Å². The van der Waals surface area contributed by atoms with E-state index in [4.69, 9.17) is 9.47 Å². The van der Waals surface area contributed by atoms with Crippen molar-refractivity contribution < 1.29 is 33.6 Å². The Labute approximate surface area is 99.6 Å². The van der Waals surface area contributed by atoms with Crippen LogP contribution in [-0.2, 0) is 18.9 Å². The zero-order valence-electron chi connectivity index (χ0n) is 10.2. The normalized spacial score (nSPS) is 10.6. The highest BCUT2D eigenvalue weighted by Crippen LogP contribution is 2.22. The van der Waals surface area contributed by atoms with E-state index in [1.807, 2.05) is 0 Å². The molecule has 0 amide bonds. The second-order valence-corrected chi connectivity index (χ2v) is 3.50. The summed E-state index contributed by atoms with van der Waals surface area (Å²) in [5.74, 6) is 0. The fourth-order valence-corrected chi connectivity index (χ4v) is 0.991. The first-order valence-corrected chi connectivity index (χ1v) is 5.06. The van der Waals surface area contributed by atoms with Gasteiger partial charge in [-0.3, -0.25) is 0 Å². The zero-order valence-corrected chi connectivity index (χ0v) is 10.2. The van der Waals surface area contributed by atoms with Gasteiger partial charge in [0.15, 0.2) is 0 Å². The van der Waals surface area contributed by atoms with Crippen molar-refractivity contribution in [1.82, 2.24) is 0 Å². The molecule has 0 fully saturated rings. The van der Waals surface area contributed by atoms with Crippen LogP contribution < -0.4 is 0 Å². The standard InChI is InChI=1S/C10H18O7/c1-4-10(5-11,6-16-8(12)14-2)7-17-9(13)15-3/h11H,4-7H2,1-3H3. The second-order valence-electron chi connectivity index (χ2n) is 3.50. The molecule has 7 heteroatoms. The number of hydrogen-bond acceptors (Lipinski definition) is 7. The largest absolute Gasteiger partial charge is 0.508 e. The molecule has 0 aromatic rings. The minimum absolute atomic E-state index is 0.107. The lowest BCUT2D eigenvalue weighted by atomic mass is 9.88. The van der Waals surface area contributed by atoms with Gasteiger partial charge in [-0.05, 0) is 6.42 Å². The lowest BCUT2D eigenvalue weighted by Crippen LogP contribution is -2.37. The van der Waals surface area contributed by atoms with Crippen LogP contribution in [0.15, 0.2) is 0 Å². The molecule has 0 aromatic heterocycles. The molecule has 0 bridgehead atoms. The number of carbonyl (C=O) groups is 2. The summed E-state index contributed by atoms with van der Waals surface area (Å²) in [4.78, 5) is 21.7. The van der Waals surface area contributed by atoms with E-state index >= 15 is 0 Å². The minimum Gasteiger partial charge on any atom is -0.438 e. The summed E-state index contributed by atoms with van der Waals surface area (Å²) < 4.78 is 18.1. The Balaban J connectivity index is 4.34. The molecule has 0 atom stereocenters. The number of aliphatic hydroxyl groups is 1. The van der Waals surface area contributed by atoms with Gasteiger partial charge in [-0.15, -0.1) is 0 Å². The molecule has 0 radical (unpaired) electrons. The average Bonchev–Trinajstić information content (AvgIpc) is 2.38. The van der Waals surface area contributed by atoms with E-state index in [1.54, 1.807) is 6.92 Å². The van der Waals surface area contributed by atoms with Crippen molar-refractivity contribution in [2.75, 3.05) is 34.0 Å². The van der Waals surface area contributed by atoms with Crippen LogP contribution in [-0.4, -0.2) is 51.5 Å². The monoisotopic (exact) mass is 250 g/mol. The zero-order chi connectivity index (χ0) is 13.3. The quantitative estimate of drug-likeness (QED) is 0.701. The van der Waals surface area contributed by atoms with Crippen LogP contribution in [0.5, 0.6) is 0 Å². The third-order valence-corrected chi connectivity index (χ3v) is 2.41. The Kier molecular flexibility index (Phi) is 7.04. The molecule has 0 aliphatic heterocycles. The van der Waals surface area contributed by atoms with Crippen LogP contribution in [0.4, 0.5) is 9.59 Å². The maximum absolute atomic E-state index is 10.8. The summed E-state index contributed by atoms with van der Waals surface area (Å²) in [5, 5.41) is 9.28. The predicted octanol–water partition coefficient (Wildman–Crippen LogP) is 0.941. The van der Waals surface area contributed by atoms with Crippen LogP contribution in [0.3, 0.4) is 0 Å². The van der Waals surface area contributed by atoms with E-state index < -0.39 is 17.7 Å². The van der Waals surface area contributed by atoms with Crippen LogP contribution >= 0.6 is 0 Å². The van der Waals surface area contributed by atoms with Crippen molar-refractivity contribution >= 4 is 12.3 Å². The van der Waals surface area contributed by atoms with E-state index in [-0.39, 0.29) is 19.8 Å². The molecule has 0 aliphatic carbocycles. The average molecular weight is 250 g/mol. The summed E-state index contributed by atoms with van der Waals surface area (Å²) in [5.41, 5.74) is -0.845. The van der Waals surface area contributed by atoms with E-state index in [0.29, 0.717) is 6.42 Å². The highest BCUT2D eigenvalue weighted by molar-refractivity contribution is 5.60. The number of ether oxygens (including phenoxy) is 4. The number of methoxy groups -OCH3 is 2. The maximum Gasteiger partial charge on any atom is 0.508 e. The van der Waals surface area contributed by atoms with Gasteiger partial charge in [-0.25, -0.2) is 9.59 Å². The molecule has 17 heavy (non-hydrogen) atoms. The number of hydrogen-bond donors (Lipinski definition) is 1. The number of carbonyl (C=O) groups excluding carboxylic acids is 2. The van der Waals surface area contributed by atoms with Crippen LogP contribution in [0, 0.1) is 5.41 Å². The smallest absolute Gasteiger partial charge is 0.438 e. The molecule has 0 aliphatic rings. The van der Waals surface area contributed by atoms with Gasteiger partial charge < -0.3 is 24.1 Å². The second kappa shape index (κ2) is 7.72. The van der Waals surface area contributed by atoms with Crippen molar-refractivity contribution in [3.05, 3.63) is 0 Å². The number of aliphatic hydroxyl groups excluding tert-OH is 1. The van der Waals surface area contributed by atoms with E-state index in [2.05, 4.69) is 9.47 Å². The fourth-order valence-electron chi connectivity index (χ4n) is 0.991. The highest BCUT2D eigenvalue weighted by Gasteiger charge is 2.32. The molecule has 0 rings (SSSR count). The van der Waals surface area contributed by atoms with Gasteiger partial charge in [0, 0.05) is 0 Å². The fraction of sp³-hybridized carbons (Fsp3) is 0.800. The summed E-state index contributed by atoms with van der Waals surface area (Å²) in [7, 11) is 2.36. The Morgan fingerprint density at radius 1 is 1.06 bits per heavy atom. The van der Waals surface area contributed by atoms with Gasteiger partial charge in [0.2, 0.25) is 0 Å². The first-order chi connectivity index (χ1) is 8.03. The van der Waals surface area contributed by atoms with Crippen molar-refractivity contribution in [2.45, 2.75) is 13.3 Å². The van der Waals surface area contributed by atoms with Crippen LogP contribution in [0.25, 0.3) is 0 Å². The molecule has 0 spiro atoms. The van der Waals surface area contributed by atoms with Crippen molar-refractivity contribution in [2.24, 2.45) is 5.41 Å². The molecule has 0 heterocycles. The lowest BCUT2D eigenvalue weighted by molar-refractivity contribution is -0.0376. The van der Waals surface area contributed by atoms with Crippen molar-refractivity contribution in [3.8, 4) is 0 Å². The van der Waals surface area contributed by atoms with E-state index in [0.717, 1.165) is 0 Å². The van der Waals surface area contributed by atoms with E-state index in [1.165, 1.54) is 14.2 Å². The topological polar surface area (TPSA) is 91.3 Å². The SMILES string of the molecule is CCC(CO)(COC(=O)OC)COC(=O)OC. The summed E-state index contributed by atoms with van der Waals surface area (Å²) in [6, 6.07) is 0.